The van der Waals surface area contributed by atoms with Crippen molar-refractivity contribution < 1.29 is 14.3 Å². The van der Waals surface area contributed by atoms with Crippen molar-refractivity contribution in [1.82, 2.24) is 19.7 Å². The van der Waals surface area contributed by atoms with Gasteiger partial charge in [0.2, 0.25) is 0 Å². The van der Waals surface area contributed by atoms with Gasteiger partial charge >= 0.3 is 5.97 Å². The molecule has 0 aliphatic heterocycles. The van der Waals surface area contributed by atoms with Crippen LogP contribution >= 0.6 is 0 Å². The largest absolute Gasteiger partial charge is 0.478 e. The molecule has 3 aromatic heterocycles. The van der Waals surface area contributed by atoms with Gasteiger partial charge in [-0.25, -0.2) is 19.4 Å². The van der Waals surface area contributed by atoms with Crippen LogP contribution in [0.15, 0.2) is 23.2 Å². The molecule has 0 amide bonds. The Morgan fingerprint density at radius 1 is 1.40 bits per heavy atom. The molecule has 0 radical (unpaired) electrons. The Hall–Kier alpha value is -2.70. The lowest BCUT2D eigenvalue weighted by Crippen LogP contribution is -2.04. The number of carboxylic acids is 1. The lowest BCUT2D eigenvalue weighted by Gasteiger charge is -2.03. The molecule has 0 aromatic carbocycles. The predicted molar refractivity (Wildman–Crippen MR) is 69.6 cm³/mol. The summed E-state index contributed by atoms with van der Waals surface area (Å²) in [4.78, 5) is 19.2. The van der Waals surface area contributed by atoms with Gasteiger partial charge in [-0.05, 0) is 19.4 Å². The average Bonchev–Trinajstić information content (AvgIpc) is 2.99. The molecule has 3 heterocycles. The van der Waals surface area contributed by atoms with Gasteiger partial charge in [-0.1, -0.05) is 0 Å². The van der Waals surface area contributed by atoms with E-state index >= 15 is 0 Å². The smallest absolute Gasteiger partial charge is 0.337 e. The number of aryl methyl sites for hydroxylation is 2. The molecule has 0 atom stereocenters. The van der Waals surface area contributed by atoms with Gasteiger partial charge in [0.15, 0.2) is 12.0 Å². The molecule has 1 N–H and O–H groups in total. The molecule has 3 aromatic rings. The van der Waals surface area contributed by atoms with Crippen LogP contribution in [-0.2, 0) is 6.54 Å². The zero-order chi connectivity index (χ0) is 14.3. The van der Waals surface area contributed by atoms with E-state index < -0.39 is 5.97 Å². The summed E-state index contributed by atoms with van der Waals surface area (Å²) in [6.45, 7) is 4.00. The fourth-order valence-electron chi connectivity index (χ4n) is 2.29. The molecule has 0 aliphatic carbocycles. The van der Waals surface area contributed by atoms with Crippen molar-refractivity contribution >= 4 is 17.0 Å². The van der Waals surface area contributed by atoms with Crippen LogP contribution in [0, 0.1) is 13.8 Å². The molecule has 0 aliphatic rings. The van der Waals surface area contributed by atoms with Crippen LogP contribution in [-0.4, -0.2) is 30.8 Å². The molecule has 0 spiro atoms. The van der Waals surface area contributed by atoms with Gasteiger partial charge in [0.1, 0.15) is 12.3 Å². The van der Waals surface area contributed by atoms with Gasteiger partial charge in [-0.2, -0.15) is 5.10 Å². The van der Waals surface area contributed by atoms with Crippen LogP contribution in [0.25, 0.3) is 11.0 Å². The Labute approximate surface area is 113 Å². The Morgan fingerprint density at radius 3 is 2.85 bits per heavy atom. The van der Waals surface area contributed by atoms with E-state index in [1.165, 1.54) is 12.6 Å². The van der Waals surface area contributed by atoms with E-state index in [0.29, 0.717) is 23.5 Å². The number of rotatable bonds is 3. The van der Waals surface area contributed by atoms with E-state index in [9.17, 15) is 4.79 Å². The maximum absolute atomic E-state index is 11.1. The highest BCUT2D eigenvalue weighted by Crippen LogP contribution is 2.23. The van der Waals surface area contributed by atoms with Gasteiger partial charge in [-0.15, -0.1) is 0 Å². The monoisotopic (exact) mass is 272 g/mol. The summed E-state index contributed by atoms with van der Waals surface area (Å²) < 4.78 is 6.88. The number of pyridine rings is 1. The molecule has 7 heteroatoms. The zero-order valence-electron chi connectivity index (χ0n) is 11.0. The van der Waals surface area contributed by atoms with Gasteiger partial charge in [0, 0.05) is 11.6 Å². The molecular weight excluding hydrogens is 260 g/mol. The van der Waals surface area contributed by atoms with Gasteiger partial charge in [-0.3, -0.25) is 0 Å². The van der Waals surface area contributed by atoms with Crippen LogP contribution in [0.3, 0.4) is 0 Å². The fourth-order valence-corrected chi connectivity index (χ4v) is 2.29. The standard InChI is InChI=1S/C13H12N4O3/c1-7-10(13(18)19)4-15-12-11(7)8(2)16-17(12)5-9-3-14-6-20-9/h3-4,6H,5H2,1-2H3,(H,18,19). The topological polar surface area (TPSA) is 94.0 Å². The number of aromatic nitrogens is 4. The van der Waals surface area contributed by atoms with E-state index in [1.54, 1.807) is 17.8 Å². The van der Waals surface area contributed by atoms with Crippen molar-refractivity contribution in [2.45, 2.75) is 20.4 Å². The van der Waals surface area contributed by atoms with E-state index in [2.05, 4.69) is 15.1 Å². The summed E-state index contributed by atoms with van der Waals surface area (Å²) in [5.41, 5.74) is 2.25. The van der Waals surface area contributed by atoms with Gasteiger partial charge in [0.25, 0.3) is 0 Å². The lowest BCUT2D eigenvalue weighted by atomic mass is 10.1. The van der Waals surface area contributed by atoms with Crippen LogP contribution in [0.5, 0.6) is 0 Å². The third-order valence-electron chi connectivity index (χ3n) is 3.22. The lowest BCUT2D eigenvalue weighted by molar-refractivity contribution is 0.0696. The van der Waals surface area contributed by atoms with Crippen molar-refractivity contribution in [3.05, 3.63) is 41.4 Å². The molecule has 20 heavy (non-hydrogen) atoms. The number of aromatic carboxylic acids is 1. The van der Waals surface area contributed by atoms with Gasteiger partial charge in [0.05, 0.1) is 17.5 Å². The highest BCUT2D eigenvalue weighted by molar-refractivity contribution is 5.95. The first kappa shape index (κ1) is 12.3. The summed E-state index contributed by atoms with van der Waals surface area (Å²) >= 11 is 0. The Bertz CT molecular complexity index is 790. The second-order valence-corrected chi connectivity index (χ2v) is 4.51. The minimum atomic E-state index is -0.987. The van der Waals surface area contributed by atoms with Crippen molar-refractivity contribution in [3.8, 4) is 0 Å². The molecule has 0 saturated heterocycles. The van der Waals surface area contributed by atoms with Crippen molar-refractivity contribution in [2.75, 3.05) is 0 Å². The second-order valence-electron chi connectivity index (χ2n) is 4.51. The summed E-state index contributed by atoms with van der Waals surface area (Å²) in [7, 11) is 0. The summed E-state index contributed by atoms with van der Waals surface area (Å²) in [5, 5.41) is 14.3. The second kappa shape index (κ2) is 4.44. The molecule has 7 nitrogen and oxygen atoms in total. The first-order valence-corrected chi connectivity index (χ1v) is 6.01. The average molecular weight is 272 g/mol. The number of hydrogen-bond acceptors (Lipinski definition) is 5. The van der Waals surface area contributed by atoms with Crippen LogP contribution in [0.4, 0.5) is 0 Å². The number of oxazole rings is 1. The third-order valence-corrected chi connectivity index (χ3v) is 3.22. The number of nitrogens with zero attached hydrogens (tertiary/aromatic N) is 4. The maximum Gasteiger partial charge on any atom is 0.337 e. The van der Waals surface area contributed by atoms with E-state index in [0.717, 1.165) is 11.1 Å². The van der Waals surface area contributed by atoms with E-state index in [4.69, 9.17) is 9.52 Å². The molecule has 3 rings (SSSR count). The minimum absolute atomic E-state index is 0.194. The Kier molecular flexibility index (Phi) is 2.74. The zero-order valence-corrected chi connectivity index (χ0v) is 11.0. The SMILES string of the molecule is Cc1nn(Cc2cnco2)c2ncc(C(=O)O)c(C)c12. The Balaban J connectivity index is 2.17. The maximum atomic E-state index is 11.1. The molecule has 0 bridgehead atoms. The third kappa shape index (κ3) is 1.83. The fraction of sp³-hybridized carbons (Fsp3) is 0.231. The highest BCUT2D eigenvalue weighted by atomic mass is 16.4. The Morgan fingerprint density at radius 2 is 2.20 bits per heavy atom. The summed E-state index contributed by atoms with van der Waals surface area (Å²) in [6.07, 6.45) is 4.33. The minimum Gasteiger partial charge on any atom is -0.478 e. The molecule has 0 unspecified atom stereocenters. The molecule has 102 valence electrons. The first-order valence-electron chi connectivity index (χ1n) is 6.01. The summed E-state index contributed by atoms with van der Waals surface area (Å²) in [5.74, 6) is -0.324. The van der Waals surface area contributed by atoms with Crippen molar-refractivity contribution in [3.63, 3.8) is 0 Å². The quantitative estimate of drug-likeness (QED) is 0.781. The normalized spacial score (nSPS) is 11.1. The van der Waals surface area contributed by atoms with Crippen molar-refractivity contribution in [2.24, 2.45) is 0 Å². The molecular formula is C13H12N4O3. The number of hydrogen-bond donors (Lipinski definition) is 1. The number of carboxylic acid groups (broad SMARTS) is 1. The van der Waals surface area contributed by atoms with Crippen LogP contribution < -0.4 is 0 Å². The van der Waals surface area contributed by atoms with Gasteiger partial charge < -0.3 is 9.52 Å². The first-order chi connectivity index (χ1) is 9.58. The predicted octanol–water partition coefficient (Wildman–Crippen LogP) is 1.78. The summed E-state index contributed by atoms with van der Waals surface area (Å²) in [6, 6.07) is 0. The van der Waals surface area contributed by atoms with Crippen LogP contribution in [0.2, 0.25) is 0 Å². The van der Waals surface area contributed by atoms with E-state index in [1.807, 2.05) is 6.92 Å². The highest BCUT2D eigenvalue weighted by Gasteiger charge is 2.17. The van der Waals surface area contributed by atoms with Crippen LogP contribution in [0.1, 0.15) is 27.4 Å². The molecule has 0 saturated carbocycles. The molecule has 0 fully saturated rings. The number of fused-ring (bicyclic) bond motifs is 1. The van der Waals surface area contributed by atoms with E-state index in [-0.39, 0.29) is 5.56 Å². The van der Waals surface area contributed by atoms with Crippen molar-refractivity contribution in [1.29, 1.82) is 0 Å². The number of carbonyl (C=O) groups is 1.